The molecule has 0 amide bonds. The molecular formula is C17H24ClNO. The van der Waals surface area contributed by atoms with Gasteiger partial charge in [0.25, 0.3) is 0 Å². The van der Waals surface area contributed by atoms with Crippen LogP contribution in [-0.2, 0) is 0 Å². The number of benzene rings is 2. The average molecular weight is 294 g/mol. The van der Waals surface area contributed by atoms with Gasteiger partial charge >= 0.3 is 0 Å². The Hall–Kier alpha value is -1.09. The number of hydrogen-bond donors (Lipinski definition) is 2. The summed E-state index contributed by atoms with van der Waals surface area (Å²) < 4.78 is 0. The van der Waals surface area contributed by atoms with Gasteiger partial charge in [0.15, 0.2) is 0 Å². The number of fused-ring (bicyclic) bond motifs is 1. The minimum Gasteiger partial charge on any atom is -0.392 e. The number of hydrogen-bond acceptors (Lipinski definition) is 2. The second kappa shape index (κ2) is 6.57. The molecule has 0 bridgehead atoms. The van der Waals surface area contributed by atoms with Crippen molar-refractivity contribution in [3.8, 4) is 0 Å². The van der Waals surface area contributed by atoms with Crippen LogP contribution in [0, 0.1) is 5.41 Å². The van der Waals surface area contributed by atoms with Crippen LogP contribution in [-0.4, -0.2) is 17.8 Å². The summed E-state index contributed by atoms with van der Waals surface area (Å²) >= 11 is 0. The summed E-state index contributed by atoms with van der Waals surface area (Å²) in [6.07, 6.45) is -0.446. The van der Waals surface area contributed by atoms with E-state index in [1.165, 1.54) is 10.8 Å². The molecule has 0 aliphatic heterocycles. The molecule has 2 aromatic rings. The van der Waals surface area contributed by atoms with Crippen LogP contribution < -0.4 is 5.73 Å². The molecule has 110 valence electrons. The summed E-state index contributed by atoms with van der Waals surface area (Å²) in [5.41, 5.74) is 6.83. The Morgan fingerprint density at radius 1 is 1.05 bits per heavy atom. The molecule has 0 fully saturated rings. The van der Waals surface area contributed by atoms with Crippen LogP contribution in [0.1, 0.15) is 32.3 Å². The number of rotatable bonds is 3. The molecule has 2 unspecified atom stereocenters. The minimum atomic E-state index is -0.446. The zero-order valence-electron chi connectivity index (χ0n) is 12.3. The van der Waals surface area contributed by atoms with Gasteiger partial charge in [0.1, 0.15) is 0 Å². The van der Waals surface area contributed by atoms with Crippen molar-refractivity contribution in [1.29, 1.82) is 0 Å². The maximum absolute atomic E-state index is 10.5. The van der Waals surface area contributed by atoms with Gasteiger partial charge in [0.05, 0.1) is 6.10 Å². The number of aliphatic hydroxyl groups excluding tert-OH is 1. The van der Waals surface area contributed by atoms with Crippen LogP contribution in [0.15, 0.2) is 42.5 Å². The molecule has 0 saturated carbocycles. The number of halogens is 1. The van der Waals surface area contributed by atoms with E-state index in [1.807, 2.05) is 32.9 Å². The quantitative estimate of drug-likeness (QED) is 0.906. The molecule has 0 aliphatic rings. The second-order valence-electron chi connectivity index (χ2n) is 6.26. The van der Waals surface area contributed by atoms with E-state index in [9.17, 15) is 5.11 Å². The monoisotopic (exact) mass is 293 g/mol. The van der Waals surface area contributed by atoms with E-state index in [4.69, 9.17) is 5.73 Å². The Labute approximate surface area is 127 Å². The highest BCUT2D eigenvalue weighted by atomic mass is 35.5. The Kier molecular flexibility index (Phi) is 5.58. The highest BCUT2D eigenvalue weighted by Gasteiger charge is 2.30. The fraction of sp³-hybridized carbons (Fsp3) is 0.412. The zero-order valence-corrected chi connectivity index (χ0v) is 13.2. The molecule has 2 aromatic carbocycles. The number of aliphatic hydroxyl groups is 1. The van der Waals surface area contributed by atoms with Crippen molar-refractivity contribution in [3.05, 3.63) is 48.0 Å². The topological polar surface area (TPSA) is 46.2 Å². The fourth-order valence-electron chi connectivity index (χ4n) is 2.49. The molecule has 20 heavy (non-hydrogen) atoms. The first-order chi connectivity index (χ1) is 8.93. The van der Waals surface area contributed by atoms with E-state index in [2.05, 4.69) is 30.3 Å². The van der Waals surface area contributed by atoms with Crippen LogP contribution in [0.3, 0.4) is 0 Å². The van der Waals surface area contributed by atoms with Crippen molar-refractivity contribution in [3.63, 3.8) is 0 Å². The van der Waals surface area contributed by atoms with Gasteiger partial charge in [0, 0.05) is 12.5 Å². The Morgan fingerprint density at radius 2 is 1.65 bits per heavy atom. The normalized spacial score (nSPS) is 14.7. The molecule has 2 atom stereocenters. The molecule has 0 heterocycles. The van der Waals surface area contributed by atoms with Crippen LogP contribution in [0.5, 0.6) is 0 Å². The summed E-state index contributed by atoms with van der Waals surface area (Å²) in [5, 5.41) is 12.9. The van der Waals surface area contributed by atoms with E-state index < -0.39 is 6.10 Å². The molecule has 0 saturated heterocycles. The molecule has 3 heteroatoms. The van der Waals surface area contributed by atoms with Crippen LogP contribution in [0.2, 0.25) is 0 Å². The first-order valence-corrected chi connectivity index (χ1v) is 6.80. The van der Waals surface area contributed by atoms with Gasteiger partial charge in [-0.1, -0.05) is 63.2 Å². The van der Waals surface area contributed by atoms with Crippen LogP contribution >= 0.6 is 12.4 Å². The maximum Gasteiger partial charge on any atom is 0.0669 e. The van der Waals surface area contributed by atoms with Gasteiger partial charge in [-0.05, 0) is 21.8 Å². The summed E-state index contributed by atoms with van der Waals surface area (Å²) in [6, 6.07) is 14.6. The van der Waals surface area contributed by atoms with Crippen molar-refractivity contribution in [2.75, 3.05) is 6.54 Å². The lowest BCUT2D eigenvalue weighted by molar-refractivity contribution is 0.0408. The lowest BCUT2D eigenvalue weighted by atomic mass is 9.78. The predicted molar refractivity (Wildman–Crippen MR) is 88.5 cm³/mol. The van der Waals surface area contributed by atoms with Crippen molar-refractivity contribution < 1.29 is 5.11 Å². The van der Waals surface area contributed by atoms with Gasteiger partial charge in [-0.3, -0.25) is 0 Å². The van der Waals surface area contributed by atoms with Crippen LogP contribution in [0.4, 0.5) is 0 Å². The third-order valence-electron chi connectivity index (χ3n) is 3.72. The lowest BCUT2D eigenvalue weighted by Gasteiger charge is -2.32. The third kappa shape index (κ3) is 3.51. The average Bonchev–Trinajstić information content (AvgIpc) is 2.38. The lowest BCUT2D eigenvalue weighted by Crippen LogP contribution is -2.36. The van der Waals surface area contributed by atoms with E-state index in [1.54, 1.807) is 0 Å². The first kappa shape index (κ1) is 17.0. The van der Waals surface area contributed by atoms with Gasteiger partial charge in [0.2, 0.25) is 0 Å². The Bertz CT molecular complexity index is 562. The van der Waals surface area contributed by atoms with Gasteiger partial charge < -0.3 is 10.8 Å². The molecule has 0 aromatic heterocycles. The molecule has 0 spiro atoms. The Morgan fingerprint density at radius 3 is 2.20 bits per heavy atom. The fourth-order valence-corrected chi connectivity index (χ4v) is 2.49. The van der Waals surface area contributed by atoms with E-state index in [-0.39, 0.29) is 23.7 Å². The van der Waals surface area contributed by atoms with Crippen molar-refractivity contribution >= 4 is 23.2 Å². The molecule has 2 nitrogen and oxygen atoms in total. The highest BCUT2D eigenvalue weighted by Crippen LogP contribution is 2.32. The molecule has 2 rings (SSSR count). The third-order valence-corrected chi connectivity index (χ3v) is 3.72. The largest absolute Gasteiger partial charge is 0.392 e. The van der Waals surface area contributed by atoms with Gasteiger partial charge in [-0.2, -0.15) is 0 Å². The Balaban J connectivity index is 0.00000200. The predicted octanol–water partition coefficient (Wildman–Crippen LogP) is 3.71. The first-order valence-electron chi connectivity index (χ1n) is 6.80. The van der Waals surface area contributed by atoms with Gasteiger partial charge in [-0.25, -0.2) is 0 Å². The van der Waals surface area contributed by atoms with Crippen molar-refractivity contribution in [1.82, 2.24) is 0 Å². The minimum absolute atomic E-state index is 0. The van der Waals surface area contributed by atoms with Crippen LogP contribution in [0.25, 0.3) is 10.8 Å². The van der Waals surface area contributed by atoms with Gasteiger partial charge in [-0.15, -0.1) is 12.4 Å². The van der Waals surface area contributed by atoms with Crippen molar-refractivity contribution in [2.45, 2.75) is 32.8 Å². The molecule has 0 aliphatic carbocycles. The number of nitrogens with two attached hydrogens (primary N) is 1. The molecule has 0 radical (unpaired) electrons. The summed E-state index contributed by atoms with van der Waals surface area (Å²) in [5.74, 6) is -0.0235. The zero-order chi connectivity index (χ0) is 14.0. The van der Waals surface area contributed by atoms with Crippen molar-refractivity contribution in [2.24, 2.45) is 11.1 Å². The van der Waals surface area contributed by atoms with E-state index in [0.29, 0.717) is 6.54 Å². The highest BCUT2D eigenvalue weighted by molar-refractivity contribution is 5.85. The summed E-state index contributed by atoms with van der Waals surface area (Å²) in [7, 11) is 0. The van der Waals surface area contributed by atoms with E-state index >= 15 is 0 Å². The summed E-state index contributed by atoms with van der Waals surface area (Å²) in [6.45, 7) is 6.58. The second-order valence-corrected chi connectivity index (χ2v) is 6.26. The molecular weight excluding hydrogens is 270 g/mol. The standard InChI is InChI=1S/C17H23NO.ClH/c1-17(2,3)16(19)15(11-18)14-9-8-12-6-4-5-7-13(12)10-14;/h4-10,15-16,19H,11,18H2,1-3H3;1H. The maximum atomic E-state index is 10.5. The summed E-state index contributed by atoms with van der Waals surface area (Å²) in [4.78, 5) is 0. The SMILES string of the molecule is CC(C)(C)C(O)C(CN)c1ccc2ccccc2c1.Cl. The smallest absolute Gasteiger partial charge is 0.0669 e. The molecule has 3 N–H and O–H groups in total. The van der Waals surface area contributed by atoms with E-state index in [0.717, 1.165) is 5.56 Å².